The van der Waals surface area contributed by atoms with Gasteiger partial charge in [0.25, 0.3) is 5.91 Å². The second kappa shape index (κ2) is 5.52. The Morgan fingerprint density at radius 1 is 1.21 bits per heavy atom. The van der Waals surface area contributed by atoms with Crippen molar-refractivity contribution in [2.24, 2.45) is 0 Å². The number of aromatic nitrogens is 1. The van der Waals surface area contributed by atoms with Gasteiger partial charge < -0.3 is 11.1 Å². The molecule has 2 aromatic rings. The summed E-state index contributed by atoms with van der Waals surface area (Å²) in [6, 6.07) is 11.1. The molecule has 98 valence electrons. The van der Waals surface area contributed by atoms with E-state index >= 15 is 0 Å². The molecular formula is C15H17N3O. The van der Waals surface area contributed by atoms with Gasteiger partial charge in [0.1, 0.15) is 0 Å². The molecular weight excluding hydrogens is 238 g/mol. The zero-order valence-electron chi connectivity index (χ0n) is 11.1. The number of carbonyl (C=O) groups is 1. The van der Waals surface area contributed by atoms with Crippen molar-refractivity contribution in [1.82, 2.24) is 4.98 Å². The molecule has 0 aliphatic rings. The lowest BCUT2D eigenvalue weighted by molar-refractivity contribution is 0.102. The van der Waals surface area contributed by atoms with Crippen LogP contribution in [0, 0.1) is 0 Å². The molecule has 0 atom stereocenters. The van der Waals surface area contributed by atoms with Gasteiger partial charge in [-0.05, 0) is 35.7 Å². The van der Waals surface area contributed by atoms with Crippen LogP contribution in [0.5, 0.6) is 0 Å². The number of amides is 1. The van der Waals surface area contributed by atoms with E-state index in [1.54, 1.807) is 18.3 Å². The Bertz CT molecular complexity index is 576. The number of nitrogens with two attached hydrogens (primary N) is 1. The summed E-state index contributed by atoms with van der Waals surface area (Å²) in [6.45, 7) is 4.25. The zero-order valence-corrected chi connectivity index (χ0v) is 11.1. The minimum absolute atomic E-state index is 0.246. The molecule has 0 unspecified atom stereocenters. The highest BCUT2D eigenvalue weighted by atomic mass is 16.1. The van der Waals surface area contributed by atoms with Crippen LogP contribution in [0.15, 0.2) is 42.6 Å². The van der Waals surface area contributed by atoms with Crippen LogP contribution in [0.1, 0.15) is 35.8 Å². The summed E-state index contributed by atoms with van der Waals surface area (Å²) in [6.07, 6.45) is 1.55. The number of benzene rings is 1. The zero-order chi connectivity index (χ0) is 13.8. The molecule has 0 bridgehead atoms. The quantitative estimate of drug-likeness (QED) is 0.885. The van der Waals surface area contributed by atoms with E-state index in [4.69, 9.17) is 5.73 Å². The summed E-state index contributed by atoms with van der Waals surface area (Å²) in [7, 11) is 0. The first kappa shape index (κ1) is 13.1. The molecule has 4 heteroatoms. The van der Waals surface area contributed by atoms with Crippen molar-refractivity contribution in [2.45, 2.75) is 19.8 Å². The SMILES string of the molecule is CC(C)c1ccc(NC(=O)c2ncccc2N)cc1. The van der Waals surface area contributed by atoms with Crippen molar-refractivity contribution >= 4 is 17.3 Å². The first-order valence-electron chi connectivity index (χ1n) is 6.19. The molecule has 0 aliphatic heterocycles. The third-order valence-corrected chi connectivity index (χ3v) is 2.89. The molecule has 3 N–H and O–H groups in total. The van der Waals surface area contributed by atoms with Gasteiger partial charge in [0.15, 0.2) is 5.69 Å². The van der Waals surface area contributed by atoms with E-state index in [-0.39, 0.29) is 11.6 Å². The van der Waals surface area contributed by atoms with E-state index in [2.05, 4.69) is 24.1 Å². The van der Waals surface area contributed by atoms with Gasteiger partial charge >= 0.3 is 0 Å². The van der Waals surface area contributed by atoms with Crippen LogP contribution >= 0.6 is 0 Å². The van der Waals surface area contributed by atoms with Crippen LogP contribution in [-0.2, 0) is 0 Å². The summed E-state index contributed by atoms with van der Waals surface area (Å²) >= 11 is 0. The van der Waals surface area contributed by atoms with Crippen LogP contribution in [0.4, 0.5) is 11.4 Å². The van der Waals surface area contributed by atoms with Crippen molar-refractivity contribution in [3.8, 4) is 0 Å². The predicted molar refractivity (Wildman–Crippen MR) is 77.1 cm³/mol. The van der Waals surface area contributed by atoms with E-state index in [0.29, 0.717) is 11.6 Å². The van der Waals surface area contributed by atoms with Crippen molar-refractivity contribution in [3.05, 3.63) is 53.9 Å². The van der Waals surface area contributed by atoms with Crippen molar-refractivity contribution < 1.29 is 4.79 Å². The Morgan fingerprint density at radius 3 is 2.47 bits per heavy atom. The third kappa shape index (κ3) is 3.10. The summed E-state index contributed by atoms with van der Waals surface area (Å²) in [5, 5.41) is 2.78. The average Bonchev–Trinajstić information content (AvgIpc) is 2.39. The highest BCUT2D eigenvalue weighted by Gasteiger charge is 2.10. The monoisotopic (exact) mass is 255 g/mol. The first-order chi connectivity index (χ1) is 9.08. The molecule has 4 nitrogen and oxygen atoms in total. The number of rotatable bonds is 3. The lowest BCUT2D eigenvalue weighted by Gasteiger charge is -2.09. The summed E-state index contributed by atoms with van der Waals surface area (Å²) in [5.74, 6) is 0.173. The number of nitrogen functional groups attached to an aromatic ring is 1. The molecule has 0 saturated heterocycles. The molecule has 0 saturated carbocycles. The Hall–Kier alpha value is -2.36. The van der Waals surface area contributed by atoms with E-state index in [1.165, 1.54) is 5.56 Å². The van der Waals surface area contributed by atoms with Gasteiger partial charge in [0.2, 0.25) is 0 Å². The lowest BCUT2D eigenvalue weighted by Crippen LogP contribution is -2.15. The number of anilines is 2. The molecule has 1 aromatic carbocycles. The average molecular weight is 255 g/mol. The van der Waals surface area contributed by atoms with Gasteiger partial charge in [-0.3, -0.25) is 4.79 Å². The van der Waals surface area contributed by atoms with Crippen LogP contribution in [0.3, 0.4) is 0 Å². The topological polar surface area (TPSA) is 68.0 Å². The normalized spacial score (nSPS) is 10.5. The lowest BCUT2D eigenvalue weighted by atomic mass is 10.0. The Labute approximate surface area is 112 Å². The second-order valence-electron chi connectivity index (χ2n) is 4.67. The number of hydrogen-bond acceptors (Lipinski definition) is 3. The fourth-order valence-corrected chi connectivity index (χ4v) is 1.75. The Morgan fingerprint density at radius 2 is 1.89 bits per heavy atom. The number of nitrogens with one attached hydrogen (secondary N) is 1. The molecule has 19 heavy (non-hydrogen) atoms. The first-order valence-corrected chi connectivity index (χ1v) is 6.19. The van der Waals surface area contributed by atoms with Gasteiger partial charge in [-0.2, -0.15) is 0 Å². The summed E-state index contributed by atoms with van der Waals surface area (Å²) < 4.78 is 0. The molecule has 2 rings (SSSR count). The molecule has 1 heterocycles. The van der Waals surface area contributed by atoms with Crippen molar-refractivity contribution in [2.75, 3.05) is 11.1 Å². The molecule has 0 aliphatic carbocycles. The number of hydrogen-bond donors (Lipinski definition) is 2. The highest BCUT2D eigenvalue weighted by molar-refractivity contribution is 6.06. The van der Waals surface area contributed by atoms with Gasteiger partial charge in [0.05, 0.1) is 5.69 Å². The smallest absolute Gasteiger partial charge is 0.276 e. The highest BCUT2D eigenvalue weighted by Crippen LogP contribution is 2.18. The number of carbonyl (C=O) groups excluding carboxylic acids is 1. The van der Waals surface area contributed by atoms with Crippen LogP contribution < -0.4 is 11.1 Å². The predicted octanol–water partition coefficient (Wildman–Crippen LogP) is 3.04. The third-order valence-electron chi connectivity index (χ3n) is 2.89. The molecule has 1 amide bonds. The van der Waals surface area contributed by atoms with Crippen molar-refractivity contribution in [3.63, 3.8) is 0 Å². The molecule has 0 fully saturated rings. The molecule has 0 spiro atoms. The van der Waals surface area contributed by atoms with Crippen LogP contribution in [0.25, 0.3) is 0 Å². The fourth-order valence-electron chi connectivity index (χ4n) is 1.75. The molecule has 1 aromatic heterocycles. The van der Waals surface area contributed by atoms with E-state index in [0.717, 1.165) is 5.69 Å². The Kier molecular flexibility index (Phi) is 3.80. The summed E-state index contributed by atoms with van der Waals surface area (Å²) in [4.78, 5) is 16.0. The minimum atomic E-state index is -0.296. The standard InChI is InChI=1S/C15H17N3O/c1-10(2)11-5-7-12(8-6-11)18-15(19)14-13(16)4-3-9-17-14/h3-10H,16H2,1-2H3,(H,18,19). The second-order valence-corrected chi connectivity index (χ2v) is 4.67. The largest absolute Gasteiger partial charge is 0.397 e. The maximum absolute atomic E-state index is 12.0. The fraction of sp³-hybridized carbons (Fsp3) is 0.200. The Balaban J connectivity index is 2.13. The van der Waals surface area contributed by atoms with E-state index in [9.17, 15) is 4.79 Å². The van der Waals surface area contributed by atoms with Gasteiger partial charge in [-0.15, -0.1) is 0 Å². The van der Waals surface area contributed by atoms with Crippen LogP contribution in [0.2, 0.25) is 0 Å². The maximum Gasteiger partial charge on any atom is 0.276 e. The number of pyridine rings is 1. The number of nitrogens with zero attached hydrogens (tertiary/aromatic N) is 1. The van der Waals surface area contributed by atoms with Gasteiger partial charge in [0, 0.05) is 11.9 Å². The molecule has 0 radical (unpaired) electrons. The summed E-state index contributed by atoms with van der Waals surface area (Å²) in [5.41, 5.74) is 8.30. The van der Waals surface area contributed by atoms with Gasteiger partial charge in [-0.25, -0.2) is 4.98 Å². The van der Waals surface area contributed by atoms with E-state index < -0.39 is 0 Å². The minimum Gasteiger partial charge on any atom is -0.397 e. The maximum atomic E-state index is 12.0. The van der Waals surface area contributed by atoms with Crippen molar-refractivity contribution in [1.29, 1.82) is 0 Å². The van der Waals surface area contributed by atoms with Crippen LogP contribution in [-0.4, -0.2) is 10.9 Å². The van der Waals surface area contributed by atoms with E-state index in [1.807, 2.05) is 24.3 Å². The van der Waals surface area contributed by atoms with Gasteiger partial charge in [-0.1, -0.05) is 26.0 Å².